The van der Waals surface area contributed by atoms with Gasteiger partial charge in [0.25, 0.3) is 0 Å². The molecule has 0 atom stereocenters. The number of hydrogen-bond donors (Lipinski definition) is 1. The van der Waals surface area contributed by atoms with Gasteiger partial charge >= 0.3 is 5.97 Å². The minimum Gasteiger partial charge on any atom is -0.476 e. The third-order valence-corrected chi connectivity index (χ3v) is 3.14. The van der Waals surface area contributed by atoms with Crippen LogP contribution in [-0.2, 0) is 0 Å². The van der Waals surface area contributed by atoms with E-state index in [2.05, 4.69) is 4.98 Å². The van der Waals surface area contributed by atoms with E-state index in [4.69, 9.17) is 5.11 Å². The fourth-order valence-corrected chi connectivity index (χ4v) is 2.36. The van der Waals surface area contributed by atoms with Gasteiger partial charge in [-0.2, -0.15) is 0 Å². The molecular formula is C11H7F2NO2S. The van der Waals surface area contributed by atoms with E-state index < -0.39 is 17.6 Å². The van der Waals surface area contributed by atoms with Gasteiger partial charge in [0.1, 0.15) is 0 Å². The van der Waals surface area contributed by atoms with Crippen LogP contribution in [0.15, 0.2) is 18.2 Å². The van der Waals surface area contributed by atoms with Gasteiger partial charge in [-0.1, -0.05) is 12.1 Å². The smallest absolute Gasteiger partial charge is 0.356 e. The lowest BCUT2D eigenvalue weighted by atomic mass is 10.1. The molecule has 0 spiro atoms. The molecule has 17 heavy (non-hydrogen) atoms. The molecule has 1 heterocycles. The zero-order chi connectivity index (χ0) is 12.6. The second-order valence-corrected chi connectivity index (χ2v) is 4.52. The number of carbonyl (C=O) groups is 1. The predicted octanol–water partition coefficient (Wildman–Crippen LogP) is 3.09. The van der Waals surface area contributed by atoms with Crippen LogP contribution in [0.4, 0.5) is 8.78 Å². The molecule has 0 saturated carbocycles. The standard InChI is InChI=1S/C11H7F2NO2S/c1-5-14-9(11(15)16)10(17-5)6-3-2-4-7(12)8(6)13/h2-4H,1H3,(H,15,16). The molecule has 0 aliphatic heterocycles. The number of aryl methyl sites for hydroxylation is 1. The van der Waals surface area contributed by atoms with Crippen molar-refractivity contribution < 1.29 is 18.7 Å². The van der Waals surface area contributed by atoms with Crippen molar-refractivity contribution in [1.82, 2.24) is 4.98 Å². The van der Waals surface area contributed by atoms with Crippen LogP contribution in [0.25, 0.3) is 10.4 Å². The lowest BCUT2D eigenvalue weighted by molar-refractivity contribution is 0.0692. The average molecular weight is 255 g/mol. The van der Waals surface area contributed by atoms with E-state index in [-0.39, 0.29) is 16.1 Å². The third kappa shape index (κ3) is 2.03. The Kier molecular flexibility index (Phi) is 2.89. The molecule has 0 saturated heterocycles. The molecule has 0 fully saturated rings. The second-order valence-electron chi connectivity index (χ2n) is 3.32. The molecular weight excluding hydrogens is 248 g/mol. The molecule has 1 N–H and O–H groups in total. The Morgan fingerprint density at radius 1 is 1.41 bits per heavy atom. The molecule has 3 nitrogen and oxygen atoms in total. The Morgan fingerprint density at radius 3 is 2.76 bits per heavy atom. The number of aromatic nitrogens is 1. The summed E-state index contributed by atoms with van der Waals surface area (Å²) in [6.45, 7) is 1.61. The van der Waals surface area contributed by atoms with Gasteiger partial charge in [0.15, 0.2) is 17.3 Å². The van der Waals surface area contributed by atoms with Gasteiger partial charge in [-0.3, -0.25) is 0 Å². The molecule has 1 aromatic carbocycles. The first-order valence-corrected chi connectivity index (χ1v) is 5.47. The first-order chi connectivity index (χ1) is 8.00. The van der Waals surface area contributed by atoms with Crippen molar-refractivity contribution in [2.45, 2.75) is 6.92 Å². The van der Waals surface area contributed by atoms with E-state index in [1.165, 1.54) is 12.1 Å². The summed E-state index contributed by atoms with van der Waals surface area (Å²) in [5.41, 5.74) is -0.329. The molecule has 0 amide bonds. The van der Waals surface area contributed by atoms with Crippen molar-refractivity contribution >= 4 is 17.3 Å². The van der Waals surface area contributed by atoms with Crippen LogP contribution >= 0.6 is 11.3 Å². The normalized spacial score (nSPS) is 10.5. The Bertz CT molecular complexity index is 595. The summed E-state index contributed by atoms with van der Waals surface area (Å²) in [5.74, 6) is -3.32. The Hall–Kier alpha value is -1.82. The molecule has 0 unspecified atom stereocenters. The average Bonchev–Trinajstić information content (AvgIpc) is 2.64. The molecule has 88 valence electrons. The number of thiazole rings is 1. The first-order valence-electron chi connectivity index (χ1n) is 4.66. The molecule has 0 bridgehead atoms. The monoisotopic (exact) mass is 255 g/mol. The van der Waals surface area contributed by atoms with Crippen LogP contribution < -0.4 is 0 Å². The van der Waals surface area contributed by atoms with Gasteiger partial charge in [-0.05, 0) is 13.0 Å². The minimum atomic E-state index is -1.26. The molecule has 0 radical (unpaired) electrons. The summed E-state index contributed by atoms with van der Waals surface area (Å²) in [6, 6.07) is 3.64. The van der Waals surface area contributed by atoms with Gasteiger partial charge in [0.2, 0.25) is 0 Å². The number of nitrogens with zero attached hydrogens (tertiary/aromatic N) is 1. The summed E-state index contributed by atoms with van der Waals surface area (Å²) in [7, 11) is 0. The van der Waals surface area contributed by atoms with Gasteiger partial charge in [0.05, 0.1) is 9.88 Å². The van der Waals surface area contributed by atoms with E-state index >= 15 is 0 Å². The van der Waals surface area contributed by atoms with E-state index in [9.17, 15) is 13.6 Å². The maximum atomic E-state index is 13.6. The third-order valence-electron chi connectivity index (χ3n) is 2.13. The fraction of sp³-hybridized carbons (Fsp3) is 0.0909. The van der Waals surface area contributed by atoms with Crippen LogP contribution in [0.3, 0.4) is 0 Å². The highest BCUT2D eigenvalue weighted by Crippen LogP contribution is 2.32. The lowest BCUT2D eigenvalue weighted by Crippen LogP contribution is -2.00. The second kappa shape index (κ2) is 4.21. The van der Waals surface area contributed by atoms with Crippen LogP contribution in [0, 0.1) is 18.6 Å². The highest BCUT2D eigenvalue weighted by molar-refractivity contribution is 7.15. The van der Waals surface area contributed by atoms with Crippen molar-refractivity contribution in [1.29, 1.82) is 0 Å². The Balaban J connectivity index is 2.68. The number of rotatable bonds is 2. The number of benzene rings is 1. The highest BCUT2D eigenvalue weighted by atomic mass is 32.1. The predicted molar refractivity (Wildman–Crippen MR) is 59.2 cm³/mol. The van der Waals surface area contributed by atoms with E-state index in [1.54, 1.807) is 6.92 Å². The number of carboxylic acid groups (broad SMARTS) is 1. The fourth-order valence-electron chi connectivity index (χ4n) is 1.43. The van der Waals surface area contributed by atoms with Crippen LogP contribution in [0.2, 0.25) is 0 Å². The Morgan fingerprint density at radius 2 is 2.12 bits per heavy atom. The number of hydrogen-bond acceptors (Lipinski definition) is 3. The summed E-state index contributed by atoms with van der Waals surface area (Å²) in [5, 5.41) is 9.42. The Labute approximate surface area is 99.4 Å². The highest BCUT2D eigenvalue weighted by Gasteiger charge is 2.21. The summed E-state index contributed by atoms with van der Waals surface area (Å²) >= 11 is 1.02. The largest absolute Gasteiger partial charge is 0.476 e. The number of aromatic carboxylic acids is 1. The van der Waals surface area contributed by atoms with Gasteiger partial charge in [-0.15, -0.1) is 11.3 Å². The first kappa shape index (κ1) is 11.7. The topological polar surface area (TPSA) is 50.2 Å². The maximum Gasteiger partial charge on any atom is 0.356 e. The summed E-state index contributed by atoms with van der Waals surface area (Å²) in [4.78, 5) is 14.9. The number of halogens is 2. The SMILES string of the molecule is Cc1nc(C(=O)O)c(-c2cccc(F)c2F)s1. The van der Waals surface area contributed by atoms with Crippen molar-refractivity contribution in [3.8, 4) is 10.4 Å². The lowest BCUT2D eigenvalue weighted by Gasteiger charge is -2.01. The van der Waals surface area contributed by atoms with Gasteiger partial charge in [0, 0.05) is 5.56 Å². The molecule has 0 aliphatic carbocycles. The van der Waals surface area contributed by atoms with Crippen LogP contribution in [0.5, 0.6) is 0 Å². The van der Waals surface area contributed by atoms with E-state index in [0.29, 0.717) is 5.01 Å². The zero-order valence-electron chi connectivity index (χ0n) is 8.70. The summed E-state index contributed by atoms with van der Waals surface area (Å²) < 4.78 is 26.6. The van der Waals surface area contributed by atoms with Gasteiger partial charge in [-0.25, -0.2) is 18.6 Å². The van der Waals surface area contributed by atoms with Crippen molar-refractivity contribution in [3.05, 3.63) is 40.5 Å². The molecule has 2 aromatic rings. The maximum absolute atomic E-state index is 13.6. The van der Waals surface area contributed by atoms with Crippen LogP contribution in [0.1, 0.15) is 15.5 Å². The van der Waals surface area contributed by atoms with Crippen LogP contribution in [-0.4, -0.2) is 16.1 Å². The van der Waals surface area contributed by atoms with E-state index in [0.717, 1.165) is 17.4 Å². The number of carboxylic acids is 1. The van der Waals surface area contributed by atoms with Crippen molar-refractivity contribution in [3.63, 3.8) is 0 Å². The van der Waals surface area contributed by atoms with Crippen molar-refractivity contribution in [2.24, 2.45) is 0 Å². The molecule has 1 aromatic heterocycles. The quantitative estimate of drug-likeness (QED) is 0.897. The van der Waals surface area contributed by atoms with Gasteiger partial charge < -0.3 is 5.11 Å². The van der Waals surface area contributed by atoms with E-state index in [1.807, 2.05) is 0 Å². The molecule has 2 rings (SSSR count). The van der Waals surface area contributed by atoms with Crippen molar-refractivity contribution in [2.75, 3.05) is 0 Å². The zero-order valence-corrected chi connectivity index (χ0v) is 9.52. The summed E-state index contributed by atoms with van der Waals surface area (Å²) in [6.07, 6.45) is 0. The molecule has 6 heteroatoms. The molecule has 0 aliphatic rings. The minimum absolute atomic E-state index is 0.0759.